The van der Waals surface area contributed by atoms with E-state index < -0.39 is 15.8 Å². The van der Waals surface area contributed by atoms with Gasteiger partial charge in [0.1, 0.15) is 10.7 Å². The van der Waals surface area contributed by atoms with Crippen molar-refractivity contribution < 1.29 is 12.8 Å². The zero-order valence-electron chi connectivity index (χ0n) is 13.4. The van der Waals surface area contributed by atoms with E-state index in [-0.39, 0.29) is 10.8 Å². The smallest absolute Gasteiger partial charge is 0.241 e. The highest BCUT2D eigenvalue weighted by atomic mass is 32.2. The van der Waals surface area contributed by atoms with Crippen LogP contribution >= 0.6 is 11.3 Å². The largest absolute Gasteiger partial charge is 0.246 e. The first-order valence-corrected chi connectivity index (χ1v) is 10.4. The molecule has 2 aromatic carbocycles. The molecule has 4 rings (SSSR count). The fourth-order valence-electron chi connectivity index (χ4n) is 3.22. The first-order chi connectivity index (χ1) is 12.1. The van der Waals surface area contributed by atoms with Crippen molar-refractivity contribution in [1.29, 1.82) is 0 Å². The van der Waals surface area contributed by atoms with Crippen LogP contribution in [0.25, 0.3) is 10.2 Å². The van der Waals surface area contributed by atoms with Crippen molar-refractivity contribution in [3.05, 3.63) is 59.4 Å². The molecule has 2 heterocycles. The lowest BCUT2D eigenvalue weighted by Gasteiger charge is -2.31. The second kappa shape index (κ2) is 6.48. The second-order valence-corrected chi connectivity index (χ2v) is 9.12. The quantitative estimate of drug-likeness (QED) is 0.694. The molecule has 0 saturated carbocycles. The van der Waals surface area contributed by atoms with Crippen LogP contribution in [0.2, 0.25) is 0 Å². The predicted molar refractivity (Wildman–Crippen MR) is 96.8 cm³/mol. The van der Waals surface area contributed by atoms with Gasteiger partial charge in [0.2, 0.25) is 10.0 Å². The number of sulfonamides is 1. The minimum Gasteiger partial charge on any atom is -0.241 e. The molecule has 1 fully saturated rings. The Morgan fingerprint density at radius 1 is 1.12 bits per heavy atom. The lowest BCUT2D eigenvalue weighted by atomic mass is 10.0. The third-order valence-corrected chi connectivity index (χ3v) is 7.60. The number of fused-ring (bicyclic) bond motifs is 1. The van der Waals surface area contributed by atoms with Crippen LogP contribution in [0.1, 0.15) is 23.8 Å². The predicted octanol–water partition coefficient (Wildman–Crippen LogP) is 4.00. The number of nitrogens with zero attached hydrogens (tertiary/aromatic N) is 2. The molecule has 0 spiro atoms. The maximum absolute atomic E-state index is 14.0. The molecule has 3 aromatic rings. The normalized spacial score (nSPS) is 19.3. The molecule has 130 valence electrons. The van der Waals surface area contributed by atoms with Crippen molar-refractivity contribution in [3.8, 4) is 0 Å². The highest BCUT2D eigenvalue weighted by Gasteiger charge is 2.33. The van der Waals surface area contributed by atoms with E-state index in [1.54, 1.807) is 17.4 Å². The Bertz CT molecular complexity index is 984. The number of halogens is 1. The van der Waals surface area contributed by atoms with Gasteiger partial charge in [-0.15, -0.1) is 11.3 Å². The number of rotatable bonds is 3. The second-order valence-electron chi connectivity index (χ2n) is 6.15. The Hall–Kier alpha value is -1.83. The molecule has 0 amide bonds. The molecule has 0 radical (unpaired) electrons. The SMILES string of the molecule is O=S(=O)(c1ccccc1F)N1CCC[C@@H](c2nc3ccccc3s2)C1. The molecule has 1 aliphatic heterocycles. The Balaban J connectivity index is 1.63. The lowest BCUT2D eigenvalue weighted by molar-refractivity contribution is 0.314. The van der Waals surface area contributed by atoms with Crippen molar-refractivity contribution in [2.75, 3.05) is 13.1 Å². The first-order valence-electron chi connectivity index (χ1n) is 8.16. The van der Waals surface area contributed by atoms with Gasteiger partial charge < -0.3 is 0 Å². The van der Waals surface area contributed by atoms with Gasteiger partial charge in [0.05, 0.1) is 15.2 Å². The Morgan fingerprint density at radius 3 is 2.68 bits per heavy atom. The van der Waals surface area contributed by atoms with Gasteiger partial charge in [-0.25, -0.2) is 17.8 Å². The average molecular weight is 376 g/mol. The summed E-state index contributed by atoms with van der Waals surface area (Å²) < 4.78 is 42.1. The number of aromatic nitrogens is 1. The Morgan fingerprint density at radius 2 is 1.88 bits per heavy atom. The Kier molecular flexibility index (Phi) is 4.31. The molecule has 25 heavy (non-hydrogen) atoms. The van der Waals surface area contributed by atoms with Crippen LogP contribution in [0.15, 0.2) is 53.4 Å². The van der Waals surface area contributed by atoms with Gasteiger partial charge in [-0.3, -0.25) is 0 Å². The van der Waals surface area contributed by atoms with E-state index in [9.17, 15) is 12.8 Å². The van der Waals surface area contributed by atoms with E-state index in [1.165, 1.54) is 22.5 Å². The summed E-state index contributed by atoms with van der Waals surface area (Å²) in [5, 5.41) is 0.953. The van der Waals surface area contributed by atoms with E-state index in [0.717, 1.165) is 28.1 Å². The minimum atomic E-state index is -3.83. The average Bonchev–Trinajstić information content (AvgIpc) is 3.06. The molecule has 7 heteroatoms. The molecule has 1 atom stereocenters. The number of benzene rings is 2. The van der Waals surface area contributed by atoms with Crippen LogP contribution in [0, 0.1) is 5.82 Å². The molecule has 0 aliphatic carbocycles. The number of hydrogen-bond donors (Lipinski definition) is 0. The van der Waals surface area contributed by atoms with Gasteiger partial charge in [0, 0.05) is 19.0 Å². The van der Waals surface area contributed by atoms with Gasteiger partial charge in [-0.1, -0.05) is 24.3 Å². The van der Waals surface area contributed by atoms with Crippen molar-refractivity contribution >= 4 is 31.6 Å². The third-order valence-electron chi connectivity index (χ3n) is 4.50. The van der Waals surface area contributed by atoms with Crippen molar-refractivity contribution in [3.63, 3.8) is 0 Å². The van der Waals surface area contributed by atoms with E-state index in [0.29, 0.717) is 13.1 Å². The minimum absolute atomic E-state index is 0.0488. The van der Waals surface area contributed by atoms with Crippen molar-refractivity contribution in [2.24, 2.45) is 0 Å². The van der Waals surface area contributed by atoms with E-state index in [4.69, 9.17) is 0 Å². The fraction of sp³-hybridized carbons (Fsp3) is 0.278. The van der Waals surface area contributed by atoms with Crippen LogP contribution in [0.3, 0.4) is 0 Å². The standard InChI is InChI=1S/C18H17FN2O2S2/c19-14-7-1-4-10-17(14)25(22,23)21-11-5-6-13(12-21)18-20-15-8-2-3-9-16(15)24-18/h1-4,7-10,13H,5-6,11-12H2/t13-/m1/s1. The molecule has 4 nitrogen and oxygen atoms in total. The molecule has 1 aliphatic rings. The van der Waals surface area contributed by atoms with E-state index >= 15 is 0 Å². The summed E-state index contributed by atoms with van der Waals surface area (Å²) in [5.41, 5.74) is 0.941. The molecule has 1 saturated heterocycles. The lowest BCUT2D eigenvalue weighted by Crippen LogP contribution is -2.39. The van der Waals surface area contributed by atoms with Crippen molar-refractivity contribution in [2.45, 2.75) is 23.7 Å². The summed E-state index contributed by atoms with van der Waals surface area (Å²) in [6.07, 6.45) is 1.64. The first kappa shape index (κ1) is 16.6. The highest BCUT2D eigenvalue weighted by molar-refractivity contribution is 7.89. The molecule has 0 bridgehead atoms. The summed E-state index contributed by atoms with van der Waals surface area (Å²) in [6, 6.07) is 13.5. The van der Waals surface area contributed by atoms with Crippen LogP contribution in [0.5, 0.6) is 0 Å². The summed E-state index contributed by atoms with van der Waals surface area (Å²) >= 11 is 1.61. The van der Waals surface area contributed by atoms with Gasteiger partial charge in [-0.2, -0.15) is 4.31 Å². The maximum atomic E-state index is 14.0. The van der Waals surface area contributed by atoms with E-state index in [1.807, 2.05) is 24.3 Å². The monoisotopic (exact) mass is 376 g/mol. The van der Waals surface area contributed by atoms with Crippen LogP contribution in [-0.2, 0) is 10.0 Å². The van der Waals surface area contributed by atoms with Gasteiger partial charge in [-0.05, 0) is 37.1 Å². The zero-order valence-corrected chi connectivity index (χ0v) is 15.1. The molecule has 1 aromatic heterocycles. The van der Waals surface area contributed by atoms with Crippen LogP contribution in [0.4, 0.5) is 4.39 Å². The highest BCUT2D eigenvalue weighted by Crippen LogP contribution is 2.34. The third kappa shape index (κ3) is 3.07. The van der Waals surface area contributed by atoms with Gasteiger partial charge >= 0.3 is 0 Å². The zero-order chi connectivity index (χ0) is 17.4. The number of thiazole rings is 1. The Labute approximate surface area is 150 Å². The fourth-order valence-corrected chi connectivity index (χ4v) is 5.90. The summed E-state index contributed by atoms with van der Waals surface area (Å²) in [7, 11) is -3.83. The van der Waals surface area contributed by atoms with Crippen LogP contribution in [-0.4, -0.2) is 30.8 Å². The molecule has 0 unspecified atom stereocenters. The number of para-hydroxylation sites is 1. The summed E-state index contributed by atoms with van der Waals surface area (Å²) in [5.74, 6) is -0.655. The topological polar surface area (TPSA) is 50.3 Å². The van der Waals surface area contributed by atoms with Gasteiger partial charge in [0.25, 0.3) is 0 Å². The summed E-state index contributed by atoms with van der Waals surface area (Å²) in [6.45, 7) is 0.758. The van der Waals surface area contributed by atoms with Gasteiger partial charge in [0.15, 0.2) is 0 Å². The van der Waals surface area contributed by atoms with Crippen LogP contribution < -0.4 is 0 Å². The van der Waals surface area contributed by atoms with Crippen molar-refractivity contribution in [1.82, 2.24) is 9.29 Å². The number of hydrogen-bond acceptors (Lipinski definition) is 4. The molecular formula is C18H17FN2O2S2. The molecular weight excluding hydrogens is 359 g/mol. The summed E-state index contributed by atoms with van der Waals surface area (Å²) in [4.78, 5) is 4.42. The van der Waals surface area contributed by atoms with E-state index in [2.05, 4.69) is 4.98 Å². The maximum Gasteiger partial charge on any atom is 0.246 e. The number of piperidine rings is 1. The molecule has 0 N–H and O–H groups in total.